The van der Waals surface area contributed by atoms with Gasteiger partial charge in [0.15, 0.2) is 0 Å². The van der Waals surface area contributed by atoms with Crippen molar-refractivity contribution in [2.45, 2.75) is 18.8 Å². The molecule has 0 aliphatic carbocycles. The van der Waals surface area contributed by atoms with E-state index in [-0.39, 0.29) is 0 Å². The Balaban J connectivity index is 2.99. The smallest absolute Gasteiger partial charge is 0.330 e. The Morgan fingerprint density at radius 1 is 1.27 bits per heavy atom. The number of rotatable bonds is 4. The number of hydrogen-bond acceptors (Lipinski definition) is 1. The molecule has 2 N–H and O–H groups in total. The molecule has 0 saturated carbocycles. The van der Waals surface area contributed by atoms with Crippen molar-refractivity contribution in [3.05, 3.63) is 35.4 Å². The predicted molar refractivity (Wildman–Crippen MR) is 49.1 cm³/mol. The Kier molecular flexibility index (Phi) is 3.68. The minimum atomic E-state index is -4.09. The van der Waals surface area contributed by atoms with Crippen molar-refractivity contribution in [2.24, 2.45) is 5.73 Å². The number of nitrogens with two attached hydrogens (primary N) is 1. The van der Waals surface area contributed by atoms with Crippen LogP contribution in [0.4, 0.5) is 17.6 Å². The highest BCUT2D eigenvalue weighted by Gasteiger charge is 2.42. The van der Waals surface area contributed by atoms with Gasteiger partial charge in [0.2, 0.25) is 0 Å². The van der Waals surface area contributed by atoms with E-state index in [1.54, 1.807) is 6.07 Å². The first-order chi connectivity index (χ1) is 6.98. The number of hydrogen-bond donors (Lipinski definition) is 1. The van der Waals surface area contributed by atoms with Gasteiger partial charge in [0.1, 0.15) is 0 Å². The van der Waals surface area contributed by atoms with Crippen LogP contribution in [0.3, 0.4) is 0 Å². The fourth-order valence-corrected chi connectivity index (χ4v) is 1.23. The van der Waals surface area contributed by atoms with Crippen LogP contribution in [0, 0.1) is 0 Å². The van der Waals surface area contributed by atoms with E-state index in [1.165, 1.54) is 6.07 Å². The zero-order valence-corrected chi connectivity index (χ0v) is 7.89. The SMILES string of the molecule is NCCc1cccc(C(F)(F)C(F)F)c1. The van der Waals surface area contributed by atoms with Crippen molar-refractivity contribution in [3.63, 3.8) is 0 Å². The molecule has 0 atom stereocenters. The van der Waals surface area contributed by atoms with Crippen molar-refractivity contribution in [1.29, 1.82) is 0 Å². The third-order valence-corrected chi connectivity index (χ3v) is 2.02. The molecule has 1 aromatic carbocycles. The second kappa shape index (κ2) is 4.61. The van der Waals surface area contributed by atoms with Crippen molar-refractivity contribution in [3.8, 4) is 0 Å². The normalized spacial score (nSPS) is 12.1. The molecular weight excluding hydrogens is 210 g/mol. The van der Waals surface area contributed by atoms with Crippen LogP contribution in [0.5, 0.6) is 0 Å². The highest BCUT2D eigenvalue weighted by Crippen LogP contribution is 2.34. The van der Waals surface area contributed by atoms with Crippen LogP contribution in [-0.2, 0) is 12.3 Å². The summed E-state index contributed by atoms with van der Waals surface area (Å²) in [5.74, 6) is -4.09. The second-order valence-electron chi connectivity index (χ2n) is 3.16. The summed E-state index contributed by atoms with van der Waals surface area (Å²) >= 11 is 0. The van der Waals surface area contributed by atoms with Crippen molar-refractivity contribution in [2.75, 3.05) is 6.54 Å². The number of halogens is 4. The summed E-state index contributed by atoms with van der Waals surface area (Å²) in [7, 11) is 0. The van der Waals surface area contributed by atoms with E-state index in [1.807, 2.05) is 0 Å². The van der Waals surface area contributed by atoms with Crippen LogP contribution < -0.4 is 5.73 Å². The standard InChI is InChI=1S/C10H11F4N/c11-9(12)10(13,14)8-3-1-2-7(6-8)4-5-15/h1-3,6,9H,4-5,15H2. The molecule has 5 heteroatoms. The molecule has 0 heterocycles. The van der Waals surface area contributed by atoms with Gasteiger partial charge in [-0.25, -0.2) is 8.78 Å². The van der Waals surface area contributed by atoms with Crippen molar-refractivity contribution >= 4 is 0 Å². The van der Waals surface area contributed by atoms with Gasteiger partial charge >= 0.3 is 12.3 Å². The Morgan fingerprint density at radius 2 is 1.93 bits per heavy atom. The lowest BCUT2D eigenvalue weighted by molar-refractivity contribution is -0.135. The minimum absolute atomic E-state index is 0.295. The van der Waals surface area contributed by atoms with E-state index >= 15 is 0 Å². The Labute approximate surface area is 84.9 Å². The van der Waals surface area contributed by atoms with E-state index in [9.17, 15) is 17.6 Å². The van der Waals surface area contributed by atoms with Crippen LogP contribution in [0.1, 0.15) is 11.1 Å². The molecular formula is C10H11F4N. The van der Waals surface area contributed by atoms with Crippen LogP contribution in [-0.4, -0.2) is 13.0 Å². The molecule has 1 rings (SSSR count). The van der Waals surface area contributed by atoms with Gasteiger partial charge in [0, 0.05) is 5.56 Å². The van der Waals surface area contributed by atoms with Crippen molar-refractivity contribution < 1.29 is 17.6 Å². The molecule has 0 aromatic heterocycles. The van der Waals surface area contributed by atoms with E-state index in [2.05, 4.69) is 0 Å². The predicted octanol–water partition coefficient (Wildman–Crippen LogP) is 2.54. The highest BCUT2D eigenvalue weighted by atomic mass is 19.3. The van der Waals surface area contributed by atoms with Gasteiger partial charge in [-0.05, 0) is 24.6 Å². The summed E-state index contributed by atoms with van der Waals surface area (Å²) in [6.45, 7) is 0.295. The first kappa shape index (κ1) is 12.0. The average Bonchev–Trinajstić information content (AvgIpc) is 2.18. The highest BCUT2D eigenvalue weighted by molar-refractivity contribution is 5.27. The molecule has 1 nitrogen and oxygen atoms in total. The Morgan fingerprint density at radius 3 is 2.47 bits per heavy atom. The lowest BCUT2D eigenvalue weighted by Crippen LogP contribution is -2.23. The quantitative estimate of drug-likeness (QED) is 0.777. The zero-order valence-electron chi connectivity index (χ0n) is 7.89. The maximum atomic E-state index is 12.9. The fraction of sp³-hybridized carbons (Fsp3) is 0.400. The summed E-state index contributed by atoms with van der Waals surface area (Å²) in [5, 5.41) is 0. The fourth-order valence-electron chi connectivity index (χ4n) is 1.23. The van der Waals surface area contributed by atoms with Gasteiger partial charge < -0.3 is 5.73 Å². The molecule has 0 aliphatic rings. The molecule has 0 unspecified atom stereocenters. The second-order valence-corrected chi connectivity index (χ2v) is 3.16. The van der Waals surface area contributed by atoms with E-state index in [4.69, 9.17) is 5.73 Å². The topological polar surface area (TPSA) is 26.0 Å². The summed E-state index contributed by atoms with van der Waals surface area (Å²) in [6, 6.07) is 4.97. The van der Waals surface area contributed by atoms with Gasteiger partial charge in [0.05, 0.1) is 0 Å². The van der Waals surface area contributed by atoms with Crippen molar-refractivity contribution in [1.82, 2.24) is 0 Å². The maximum Gasteiger partial charge on any atom is 0.332 e. The first-order valence-corrected chi connectivity index (χ1v) is 4.44. The lowest BCUT2D eigenvalue weighted by atomic mass is 10.0. The van der Waals surface area contributed by atoms with E-state index < -0.39 is 17.9 Å². The molecule has 0 fully saturated rings. The summed E-state index contributed by atoms with van der Waals surface area (Å²) in [5.41, 5.74) is 5.12. The number of alkyl halides is 4. The summed E-state index contributed by atoms with van der Waals surface area (Å²) in [6.07, 6.45) is -3.29. The van der Waals surface area contributed by atoms with Crippen LogP contribution in [0.15, 0.2) is 24.3 Å². The molecule has 15 heavy (non-hydrogen) atoms. The molecule has 0 saturated heterocycles. The molecule has 0 radical (unpaired) electrons. The monoisotopic (exact) mass is 221 g/mol. The van der Waals surface area contributed by atoms with Gasteiger partial charge in [-0.3, -0.25) is 0 Å². The Hall–Kier alpha value is -1.10. The average molecular weight is 221 g/mol. The minimum Gasteiger partial charge on any atom is -0.330 e. The molecule has 84 valence electrons. The van der Waals surface area contributed by atoms with Crippen LogP contribution in [0.2, 0.25) is 0 Å². The zero-order chi connectivity index (χ0) is 11.5. The molecule has 0 bridgehead atoms. The number of benzene rings is 1. The van der Waals surface area contributed by atoms with Gasteiger partial charge in [0.25, 0.3) is 0 Å². The van der Waals surface area contributed by atoms with Crippen LogP contribution in [0.25, 0.3) is 0 Å². The molecule has 0 amide bonds. The summed E-state index contributed by atoms with van der Waals surface area (Å²) in [4.78, 5) is 0. The maximum absolute atomic E-state index is 12.9. The first-order valence-electron chi connectivity index (χ1n) is 4.44. The molecule has 0 aliphatic heterocycles. The Bertz CT molecular complexity index is 325. The molecule has 0 spiro atoms. The molecule has 1 aromatic rings. The summed E-state index contributed by atoms with van der Waals surface area (Å²) < 4.78 is 49.9. The van der Waals surface area contributed by atoms with Gasteiger partial charge in [-0.15, -0.1) is 0 Å². The third kappa shape index (κ3) is 2.68. The lowest BCUT2D eigenvalue weighted by Gasteiger charge is -2.16. The third-order valence-electron chi connectivity index (χ3n) is 2.02. The van der Waals surface area contributed by atoms with Gasteiger partial charge in [-0.2, -0.15) is 8.78 Å². The van der Waals surface area contributed by atoms with E-state index in [0.717, 1.165) is 12.1 Å². The largest absolute Gasteiger partial charge is 0.332 e. The van der Waals surface area contributed by atoms with Gasteiger partial charge in [-0.1, -0.05) is 18.2 Å². The van der Waals surface area contributed by atoms with E-state index in [0.29, 0.717) is 18.5 Å². The van der Waals surface area contributed by atoms with Crippen LogP contribution >= 0.6 is 0 Å².